The Labute approximate surface area is 122 Å². The minimum atomic E-state index is 0.0280. The molecule has 0 heterocycles. The van der Waals surface area contributed by atoms with Crippen LogP contribution in [0.3, 0.4) is 0 Å². The van der Waals surface area contributed by atoms with Crippen LogP contribution in [0.2, 0.25) is 0 Å². The topological polar surface area (TPSA) is 47.3 Å². The van der Waals surface area contributed by atoms with Crippen molar-refractivity contribution >= 4 is 27.5 Å². The van der Waals surface area contributed by atoms with Crippen LogP contribution in [0.25, 0.3) is 0 Å². The average molecular weight is 324 g/mol. The Balaban J connectivity index is 3.05. The molecule has 19 heavy (non-hydrogen) atoms. The molecule has 0 N–H and O–H groups in total. The van der Waals surface area contributed by atoms with Gasteiger partial charge in [0.2, 0.25) is 5.91 Å². The van der Waals surface area contributed by atoms with Crippen LogP contribution >= 0.6 is 15.9 Å². The normalized spacial score (nSPS) is 9.84. The molecule has 1 aromatic carbocycles. The summed E-state index contributed by atoms with van der Waals surface area (Å²) in [6.45, 7) is 3.09. The first-order chi connectivity index (χ1) is 8.99. The van der Waals surface area contributed by atoms with E-state index in [-0.39, 0.29) is 12.5 Å². The molecule has 0 unspecified atom stereocenters. The number of hydrogen-bond donors (Lipinski definition) is 0. The van der Waals surface area contributed by atoms with Crippen molar-refractivity contribution in [2.24, 2.45) is 0 Å². The van der Waals surface area contributed by atoms with Crippen LogP contribution in [-0.4, -0.2) is 38.0 Å². The molecular formula is C14H18BrN3O. The summed E-state index contributed by atoms with van der Waals surface area (Å²) in [5, 5.41) is 9.21. The summed E-state index contributed by atoms with van der Waals surface area (Å²) in [5.41, 5.74) is 1.39. The van der Waals surface area contributed by atoms with Crippen molar-refractivity contribution in [1.29, 1.82) is 5.26 Å². The van der Waals surface area contributed by atoms with Gasteiger partial charge in [-0.25, -0.2) is 0 Å². The number of rotatable bonds is 5. The molecule has 0 aliphatic carbocycles. The van der Waals surface area contributed by atoms with E-state index in [2.05, 4.69) is 28.9 Å². The molecule has 0 atom stereocenters. The average Bonchev–Trinajstić information content (AvgIpc) is 2.37. The Morgan fingerprint density at radius 1 is 1.42 bits per heavy atom. The number of hydrogen-bond acceptors (Lipinski definition) is 3. The molecule has 0 spiro atoms. The molecule has 1 aromatic rings. The number of carbonyl (C=O) groups is 1. The minimum Gasteiger partial charge on any atom is -0.361 e. The van der Waals surface area contributed by atoms with Gasteiger partial charge in [0.1, 0.15) is 6.07 Å². The zero-order chi connectivity index (χ0) is 14.4. The fourth-order valence-electron chi connectivity index (χ4n) is 1.73. The molecule has 5 heteroatoms. The molecule has 1 amide bonds. The SMILES string of the molecule is CCCN(CC(=O)N(C)C)c1ccc(Br)cc1C#N. The van der Waals surface area contributed by atoms with Crippen molar-refractivity contribution < 1.29 is 4.79 Å². The number of nitrogens with zero attached hydrogens (tertiary/aromatic N) is 3. The highest BCUT2D eigenvalue weighted by molar-refractivity contribution is 9.10. The number of anilines is 1. The van der Waals surface area contributed by atoms with Gasteiger partial charge in [0.05, 0.1) is 17.8 Å². The third-order valence-electron chi connectivity index (χ3n) is 2.74. The van der Waals surface area contributed by atoms with Crippen molar-refractivity contribution in [2.45, 2.75) is 13.3 Å². The van der Waals surface area contributed by atoms with E-state index in [1.54, 1.807) is 25.1 Å². The van der Waals surface area contributed by atoms with Gasteiger partial charge in [-0.3, -0.25) is 4.79 Å². The van der Waals surface area contributed by atoms with Crippen molar-refractivity contribution in [3.05, 3.63) is 28.2 Å². The standard InChI is InChI=1S/C14H18BrN3O/c1-4-7-18(10-14(19)17(2)3)13-6-5-12(15)8-11(13)9-16/h5-6,8H,4,7,10H2,1-3H3. The van der Waals surface area contributed by atoms with Crippen molar-refractivity contribution in [2.75, 3.05) is 32.1 Å². The van der Waals surface area contributed by atoms with Crippen molar-refractivity contribution in [3.63, 3.8) is 0 Å². The van der Waals surface area contributed by atoms with Gasteiger partial charge in [0, 0.05) is 25.1 Å². The zero-order valence-corrected chi connectivity index (χ0v) is 13.1. The van der Waals surface area contributed by atoms with Gasteiger partial charge in [-0.2, -0.15) is 5.26 Å². The van der Waals surface area contributed by atoms with Crippen LogP contribution in [0.1, 0.15) is 18.9 Å². The van der Waals surface area contributed by atoms with Gasteiger partial charge in [0.15, 0.2) is 0 Å². The summed E-state index contributed by atoms with van der Waals surface area (Å²) in [6, 6.07) is 7.72. The molecule has 0 fully saturated rings. The van der Waals surface area contributed by atoms with E-state index in [1.165, 1.54) is 0 Å². The van der Waals surface area contributed by atoms with Crippen LogP contribution in [0, 0.1) is 11.3 Å². The Bertz CT molecular complexity index is 494. The highest BCUT2D eigenvalue weighted by atomic mass is 79.9. The fraction of sp³-hybridized carbons (Fsp3) is 0.429. The summed E-state index contributed by atoms with van der Waals surface area (Å²) in [4.78, 5) is 15.4. The maximum atomic E-state index is 11.9. The quantitative estimate of drug-likeness (QED) is 0.836. The summed E-state index contributed by atoms with van der Waals surface area (Å²) in [5.74, 6) is 0.0280. The second-order valence-corrected chi connectivity index (χ2v) is 5.40. The molecule has 0 bridgehead atoms. The first-order valence-electron chi connectivity index (χ1n) is 6.14. The highest BCUT2D eigenvalue weighted by Crippen LogP contribution is 2.24. The lowest BCUT2D eigenvalue weighted by Gasteiger charge is -2.26. The van der Waals surface area contributed by atoms with Crippen LogP contribution in [0.15, 0.2) is 22.7 Å². The van der Waals surface area contributed by atoms with E-state index in [1.807, 2.05) is 17.0 Å². The number of halogens is 1. The maximum absolute atomic E-state index is 11.9. The lowest BCUT2D eigenvalue weighted by molar-refractivity contribution is -0.127. The number of amides is 1. The van der Waals surface area contributed by atoms with Gasteiger partial charge in [0.25, 0.3) is 0 Å². The molecular weight excluding hydrogens is 306 g/mol. The Morgan fingerprint density at radius 3 is 2.63 bits per heavy atom. The number of likely N-dealkylation sites (N-methyl/N-ethyl adjacent to an activating group) is 1. The molecule has 0 aliphatic heterocycles. The molecule has 4 nitrogen and oxygen atoms in total. The van der Waals surface area contributed by atoms with Crippen LogP contribution in [-0.2, 0) is 4.79 Å². The molecule has 0 radical (unpaired) electrons. The predicted octanol–water partition coefficient (Wildman–Crippen LogP) is 2.63. The first kappa shape index (κ1) is 15.5. The van der Waals surface area contributed by atoms with Gasteiger partial charge in [-0.15, -0.1) is 0 Å². The monoisotopic (exact) mass is 323 g/mol. The second-order valence-electron chi connectivity index (χ2n) is 4.48. The summed E-state index contributed by atoms with van der Waals surface area (Å²) in [7, 11) is 3.47. The molecule has 102 valence electrons. The third-order valence-corrected chi connectivity index (χ3v) is 3.23. The maximum Gasteiger partial charge on any atom is 0.241 e. The second kappa shape index (κ2) is 7.15. The predicted molar refractivity (Wildman–Crippen MR) is 80.1 cm³/mol. The minimum absolute atomic E-state index is 0.0280. The Morgan fingerprint density at radius 2 is 2.11 bits per heavy atom. The smallest absolute Gasteiger partial charge is 0.241 e. The lowest BCUT2D eigenvalue weighted by Crippen LogP contribution is -2.37. The van der Waals surface area contributed by atoms with Crippen LogP contribution in [0.5, 0.6) is 0 Å². The number of nitriles is 1. The molecule has 0 aromatic heterocycles. The molecule has 0 saturated heterocycles. The van der Waals surface area contributed by atoms with Gasteiger partial charge in [-0.05, 0) is 24.6 Å². The molecule has 1 rings (SSSR count). The summed E-state index contributed by atoms with van der Waals surface area (Å²) < 4.78 is 0.864. The van der Waals surface area contributed by atoms with E-state index in [4.69, 9.17) is 0 Å². The van der Waals surface area contributed by atoms with Crippen molar-refractivity contribution in [3.8, 4) is 6.07 Å². The van der Waals surface area contributed by atoms with Gasteiger partial charge in [-0.1, -0.05) is 22.9 Å². The fourth-order valence-corrected chi connectivity index (χ4v) is 2.09. The van der Waals surface area contributed by atoms with Gasteiger partial charge < -0.3 is 9.80 Å². The first-order valence-corrected chi connectivity index (χ1v) is 6.93. The largest absolute Gasteiger partial charge is 0.361 e. The highest BCUT2D eigenvalue weighted by Gasteiger charge is 2.15. The molecule has 0 aliphatic rings. The van der Waals surface area contributed by atoms with Crippen LogP contribution < -0.4 is 4.90 Å². The van der Waals surface area contributed by atoms with E-state index in [9.17, 15) is 10.1 Å². The van der Waals surface area contributed by atoms with Crippen LogP contribution in [0.4, 0.5) is 5.69 Å². The number of benzene rings is 1. The Hall–Kier alpha value is -1.54. The van der Waals surface area contributed by atoms with E-state index >= 15 is 0 Å². The van der Waals surface area contributed by atoms with E-state index in [0.29, 0.717) is 5.56 Å². The van der Waals surface area contributed by atoms with Gasteiger partial charge >= 0.3 is 0 Å². The van der Waals surface area contributed by atoms with E-state index < -0.39 is 0 Å². The number of carbonyl (C=O) groups excluding carboxylic acids is 1. The Kier molecular flexibility index (Phi) is 5.84. The summed E-state index contributed by atoms with van der Waals surface area (Å²) in [6.07, 6.45) is 0.918. The third kappa shape index (κ3) is 4.25. The zero-order valence-electron chi connectivity index (χ0n) is 11.5. The molecule has 0 saturated carbocycles. The van der Waals surface area contributed by atoms with E-state index in [0.717, 1.165) is 23.1 Å². The van der Waals surface area contributed by atoms with Crippen molar-refractivity contribution in [1.82, 2.24) is 4.90 Å². The lowest BCUT2D eigenvalue weighted by atomic mass is 10.1. The summed E-state index contributed by atoms with van der Waals surface area (Å²) >= 11 is 3.35.